The van der Waals surface area contributed by atoms with Crippen LogP contribution in [0, 0.1) is 6.92 Å². The highest BCUT2D eigenvalue weighted by Crippen LogP contribution is 2.31. The number of halogens is 1. The number of rotatable bonds is 9. The molecule has 34 heavy (non-hydrogen) atoms. The Balaban J connectivity index is 0.00000324. The molecule has 0 spiro atoms. The molecule has 6 heteroatoms. The van der Waals surface area contributed by atoms with Gasteiger partial charge in [0.2, 0.25) is 5.95 Å². The fraction of sp³-hybridized carbons (Fsp3) is 0.250. The van der Waals surface area contributed by atoms with Gasteiger partial charge in [-0.1, -0.05) is 74.0 Å². The zero-order chi connectivity index (χ0) is 23.0. The van der Waals surface area contributed by atoms with Gasteiger partial charge >= 0.3 is 0 Å². The molecule has 4 aromatic rings. The third kappa shape index (κ3) is 6.86. The Kier molecular flexibility index (Phi) is 9.14. The minimum Gasteiger partial charge on any atom is -0.353 e. The van der Waals surface area contributed by atoms with Crippen molar-refractivity contribution in [2.24, 2.45) is 0 Å². The zero-order valence-electron chi connectivity index (χ0n) is 19.9. The van der Waals surface area contributed by atoms with Gasteiger partial charge in [0, 0.05) is 48.3 Å². The number of pyridine rings is 1. The normalized spacial score (nSPS) is 11.6. The number of benzene rings is 2. The minimum atomic E-state index is 0. The smallest absolute Gasteiger partial charge is 0.223 e. The van der Waals surface area contributed by atoms with Crippen LogP contribution in [0.3, 0.4) is 0 Å². The van der Waals surface area contributed by atoms with Crippen LogP contribution >= 0.6 is 12.4 Å². The van der Waals surface area contributed by atoms with E-state index in [-0.39, 0.29) is 18.4 Å². The second-order valence-corrected chi connectivity index (χ2v) is 8.65. The molecule has 0 amide bonds. The highest BCUT2D eigenvalue weighted by molar-refractivity contribution is 5.85. The van der Waals surface area contributed by atoms with E-state index in [0.717, 1.165) is 35.3 Å². The summed E-state index contributed by atoms with van der Waals surface area (Å²) in [5.41, 5.74) is 6.56. The van der Waals surface area contributed by atoms with Crippen molar-refractivity contribution in [3.05, 3.63) is 96.4 Å². The fourth-order valence-corrected chi connectivity index (χ4v) is 4.00. The van der Waals surface area contributed by atoms with E-state index in [2.05, 4.69) is 96.0 Å². The lowest BCUT2D eigenvalue weighted by molar-refractivity contribution is 0.473. The molecule has 2 aromatic carbocycles. The molecule has 176 valence electrons. The van der Waals surface area contributed by atoms with Gasteiger partial charge in [-0.3, -0.25) is 4.98 Å². The highest BCUT2D eigenvalue weighted by atomic mass is 35.5. The molecule has 5 nitrogen and oxygen atoms in total. The van der Waals surface area contributed by atoms with Crippen molar-refractivity contribution in [3.63, 3.8) is 0 Å². The second kappa shape index (κ2) is 12.3. The van der Waals surface area contributed by atoms with Crippen LogP contribution < -0.4 is 10.6 Å². The van der Waals surface area contributed by atoms with E-state index in [0.29, 0.717) is 12.0 Å². The molecule has 0 bridgehead atoms. The maximum absolute atomic E-state index is 4.93. The van der Waals surface area contributed by atoms with E-state index < -0.39 is 0 Å². The second-order valence-electron chi connectivity index (χ2n) is 8.65. The summed E-state index contributed by atoms with van der Waals surface area (Å²) < 4.78 is 0. The first-order chi connectivity index (χ1) is 16.1. The average molecular weight is 474 g/mol. The summed E-state index contributed by atoms with van der Waals surface area (Å²) in [4.78, 5) is 13.8. The third-order valence-electron chi connectivity index (χ3n) is 5.47. The molecule has 0 aliphatic carbocycles. The lowest BCUT2D eigenvalue weighted by atomic mass is 10.00. The highest BCUT2D eigenvalue weighted by Gasteiger charge is 2.15. The van der Waals surface area contributed by atoms with E-state index in [1.807, 2.05) is 18.3 Å². The lowest BCUT2D eigenvalue weighted by Gasteiger charge is -2.22. The van der Waals surface area contributed by atoms with E-state index in [1.54, 1.807) is 12.4 Å². The molecule has 0 fully saturated rings. The molecule has 0 radical (unpaired) electrons. The molecule has 0 aliphatic heterocycles. The molecule has 0 unspecified atom stereocenters. The van der Waals surface area contributed by atoms with Crippen molar-refractivity contribution in [2.45, 2.75) is 39.3 Å². The number of nitrogens with zero attached hydrogens (tertiary/aromatic N) is 3. The van der Waals surface area contributed by atoms with Crippen LogP contribution in [-0.2, 0) is 6.42 Å². The quantitative estimate of drug-likeness (QED) is 0.314. The maximum atomic E-state index is 4.93. The molecular formula is C28H32ClN5. The number of aromatic nitrogens is 3. The number of aryl methyl sites for hydroxylation is 1. The van der Waals surface area contributed by atoms with Gasteiger partial charge in [-0.2, -0.15) is 0 Å². The number of nitrogens with one attached hydrogen (secondary N) is 2. The van der Waals surface area contributed by atoms with Gasteiger partial charge in [0.15, 0.2) is 0 Å². The molecule has 4 rings (SSSR count). The summed E-state index contributed by atoms with van der Waals surface area (Å²) in [6, 6.07) is 23.6. The summed E-state index contributed by atoms with van der Waals surface area (Å²) in [5, 5.41) is 7.13. The summed E-state index contributed by atoms with van der Waals surface area (Å²) in [5.74, 6) is 0.627. The summed E-state index contributed by atoms with van der Waals surface area (Å²) >= 11 is 0. The van der Waals surface area contributed by atoms with Gasteiger partial charge < -0.3 is 10.6 Å². The van der Waals surface area contributed by atoms with Crippen LogP contribution in [0.15, 0.2) is 85.3 Å². The molecule has 2 aromatic heterocycles. The Hall–Kier alpha value is -3.28. The monoisotopic (exact) mass is 473 g/mol. The van der Waals surface area contributed by atoms with Crippen molar-refractivity contribution in [3.8, 4) is 22.4 Å². The summed E-state index contributed by atoms with van der Waals surface area (Å²) in [6.45, 7) is 7.17. The molecule has 2 N–H and O–H groups in total. The van der Waals surface area contributed by atoms with Crippen molar-refractivity contribution < 1.29 is 0 Å². The van der Waals surface area contributed by atoms with Gasteiger partial charge in [-0.05, 0) is 36.6 Å². The van der Waals surface area contributed by atoms with E-state index in [9.17, 15) is 0 Å². The van der Waals surface area contributed by atoms with Crippen molar-refractivity contribution in [1.29, 1.82) is 0 Å². The Morgan fingerprint density at radius 2 is 1.65 bits per heavy atom. The predicted octanol–water partition coefficient (Wildman–Crippen LogP) is 5.96. The minimum absolute atomic E-state index is 0. The molecule has 0 aliphatic rings. The van der Waals surface area contributed by atoms with Crippen molar-refractivity contribution >= 4 is 18.4 Å². The van der Waals surface area contributed by atoms with Gasteiger partial charge in [0.1, 0.15) is 0 Å². The lowest BCUT2D eigenvalue weighted by Crippen LogP contribution is -2.41. The van der Waals surface area contributed by atoms with Crippen LogP contribution in [0.1, 0.15) is 25.0 Å². The van der Waals surface area contributed by atoms with Gasteiger partial charge in [0.25, 0.3) is 0 Å². The van der Waals surface area contributed by atoms with Gasteiger partial charge in [-0.15, -0.1) is 12.4 Å². The first-order valence-electron chi connectivity index (χ1n) is 11.5. The molecular weight excluding hydrogens is 442 g/mol. The molecule has 0 saturated carbocycles. The summed E-state index contributed by atoms with van der Waals surface area (Å²) in [6.07, 6.45) is 6.45. The standard InChI is InChI=1S/C28H31N5.ClH/c1-20(2)32-25(17-22-9-5-4-6-10-22)18-30-28-31-19-26(24-11-7-8-21(3)16-24)27(33-28)23-12-14-29-15-13-23;/h4-16,19-20,25,32H,17-18H2,1-3H3,(H,30,31,33);1H/t25-;/m0./s1. The van der Waals surface area contributed by atoms with Crippen LogP contribution in [-0.4, -0.2) is 33.6 Å². The Morgan fingerprint density at radius 1 is 0.882 bits per heavy atom. The predicted molar refractivity (Wildman–Crippen MR) is 143 cm³/mol. The van der Waals surface area contributed by atoms with E-state index >= 15 is 0 Å². The number of anilines is 1. The van der Waals surface area contributed by atoms with Crippen LogP contribution in [0.5, 0.6) is 0 Å². The fourth-order valence-electron chi connectivity index (χ4n) is 4.00. The SMILES string of the molecule is Cc1cccc(-c2cnc(NC[C@H](Cc3ccccc3)NC(C)C)nc2-c2ccncc2)c1.Cl. The topological polar surface area (TPSA) is 62.7 Å². The van der Waals surface area contributed by atoms with Crippen molar-refractivity contribution in [1.82, 2.24) is 20.3 Å². The Morgan fingerprint density at radius 3 is 2.35 bits per heavy atom. The van der Waals surface area contributed by atoms with Crippen LogP contribution in [0.25, 0.3) is 22.4 Å². The maximum Gasteiger partial charge on any atom is 0.223 e. The van der Waals surface area contributed by atoms with Crippen LogP contribution in [0.2, 0.25) is 0 Å². The van der Waals surface area contributed by atoms with Crippen molar-refractivity contribution in [2.75, 3.05) is 11.9 Å². The number of hydrogen-bond donors (Lipinski definition) is 2. The van der Waals surface area contributed by atoms with Gasteiger partial charge in [0.05, 0.1) is 5.69 Å². The first-order valence-corrected chi connectivity index (χ1v) is 11.5. The Bertz CT molecular complexity index is 1170. The third-order valence-corrected chi connectivity index (χ3v) is 5.47. The van der Waals surface area contributed by atoms with E-state index in [4.69, 9.17) is 4.98 Å². The van der Waals surface area contributed by atoms with E-state index in [1.165, 1.54) is 11.1 Å². The zero-order valence-corrected chi connectivity index (χ0v) is 20.7. The molecule has 1 atom stereocenters. The first kappa shape index (κ1) is 25.3. The average Bonchev–Trinajstić information content (AvgIpc) is 2.83. The molecule has 0 saturated heterocycles. The number of hydrogen-bond acceptors (Lipinski definition) is 5. The Labute approximate surface area is 208 Å². The molecule has 2 heterocycles. The van der Waals surface area contributed by atoms with Crippen LogP contribution in [0.4, 0.5) is 5.95 Å². The summed E-state index contributed by atoms with van der Waals surface area (Å²) in [7, 11) is 0. The van der Waals surface area contributed by atoms with Gasteiger partial charge in [-0.25, -0.2) is 9.97 Å². The largest absolute Gasteiger partial charge is 0.353 e.